The van der Waals surface area contributed by atoms with Gasteiger partial charge in [0.05, 0.1) is 32.1 Å². The van der Waals surface area contributed by atoms with Gasteiger partial charge in [0.15, 0.2) is 11.5 Å². The van der Waals surface area contributed by atoms with Gasteiger partial charge >= 0.3 is 0 Å². The van der Waals surface area contributed by atoms with E-state index in [9.17, 15) is 9.59 Å². The fourth-order valence-corrected chi connectivity index (χ4v) is 2.26. The zero-order chi connectivity index (χ0) is 18.2. The molecule has 1 aromatic heterocycles. The summed E-state index contributed by atoms with van der Waals surface area (Å²) in [6, 6.07) is 4.62. The molecular formula is C17H23N3O5. The number of amides is 1. The lowest BCUT2D eigenvalue weighted by molar-refractivity contribution is 0.0949. The van der Waals surface area contributed by atoms with Gasteiger partial charge in [0.2, 0.25) is 5.75 Å². The molecule has 0 saturated carbocycles. The Morgan fingerprint density at radius 2 is 1.56 bits per heavy atom. The van der Waals surface area contributed by atoms with Gasteiger partial charge in [0, 0.05) is 11.6 Å². The quantitative estimate of drug-likeness (QED) is 0.640. The Balaban J connectivity index is 2.25. The van der Waals surface area contributed by atoms with Crippen LogP contribution in [0.5, 0.6) is 17.2 Å². The number of ether oxygens (including phenoxy) is 3. The van der Waals surface area contributed by atoms with Crippen LogP contribution >= 0.6 is 0 Å². The van der Waals surface area contributed by atoms with Crippen molar-refractivity contribution in [1.29, 1.82) is 0 Å². The van der Waals surface area contributed by atoms with E-state index >= 15 is 0 Å². The standard InChI is InChI=1S/C17H23N3O5/c1-4-23-13-7-11(8-14(24-5-2)16(13)25-6-3)17(22)18-10-12-9-15(21)20-19-12/h7-9H,4-6,10H2,1-3H3,(H,18,22)(H2,19,20,21). The van der Waals surface area contributed by atoms with Crippen molar-refractivity contribution in [3.63, 3.8) is 0 Å². The van der Waals surface area contributed by atoms with Gasteiger partial charge < -0.3 is 24.6 Å². The summed E-state index contributed by atoms with van der Waals surface area (Å²) < 4.78 is 16.8. The average Bonchev–Trinajstić information content (AvgIpc) is 3.01. The summed E-state index contributed by atoms with van der Waals surface area (Å²) in [5, 5.41) is 7.83. The second-order valence-corrected chi connectivity index (χ2v) is 5.07. The molecule has 2 aromatic rings. The highest BCUT2D eigenvalue weighted by atomic mass is 16.5. The highest BCUT2D eigenvalue weighted by Crippen LogP contribution is 2.39. The summed E-state index contributed by atoms with van der Waals surface area (Å²) in [6.45, 7) is 7.08. The topological polar surface area (TPSA) is 105 Å². The van der Waals surface area contributed by atoms with Gasteiger partial charge in [-0.3, -0.25) is 14.7 Å². The molecule has 0 radical (unpaired) electrons. The third-order valence-electron chi connectivity index (χ3n) is 3.26. The lowest BCUT2D eigenvalue weighted by Gasteiger charge is -2.17. The number of hydrogen-bond donors (Lipinski definition) is 3. The maximum absolute atomic E-state index is 12.4. The van der Waals surface area contributed by atoms with Gasteiger partial charge in [-0.2, -0.15) is 0 Å². The van der Waals surface area contributed by atoms with Crippen LogP contribution in [0.25, 0.3) is 0 Å². The van der Waals surface area contributed by atoms with E-state index in [4.69, 9.17) is 14.2 Å². The Morgan fingerprint density at radius 1 is 0.960 bits per heavy atom. The molecule has 136 valence electrons. The van der Waals surface area contributed by atoms with Crippen LogP contribution in [0.15, 0.2) is 23.0 Å². The predicted molar refractivity (Wildman–Crippen MR) is 92.5 cm³/mol. The van der Waals surface area contributed by atoms with Gasteiger partial charge in [-0.15, -0.1) is 0 Å². The molecule has 0 fully saturated rings. The van der Waals surface area contributed by atoms with Crippen molar-refractivity contribution < 1.29 is 19.0 Å². The molecule has 3 N–H and O–H groups in total. The smallest absolute Gasteiger partial charge is 0.264 e. The second kappa shape index (κ2) is 8.81. The van der Waals surface area contributed by atoms with Crippen molar-refractivity contribution in [2.75, 3.05) is 19.8 Å². The molecule has 8 nitrogen and oxygen atoms in total. The van der Waals surface area contributed by atoms with E-state index in [0.29, 0.717) is 48.3 Å². The molecule has 25 heavy (non-hydrogen) atoms. The third-order valence-corrected chi connectivity index (χ3v) is 3.26. The molecule has 1 aromatic carbocycles. The molecular weight excluding hydrogens is 326 g/mol. The first-order valence-corrected chi connectivity index (χ1v) is 8.20. The fraction of sp³-hybridized carbons (Fsp3) is 0.412. The molecule has 0 atom stereocenters. The summed E-state index contributed by atoms with van der Waals surface area (Å²) in [5.74, 6) is 1.08. The Labute approximate surface area is 145 Å². The van der Waals surface area contributed by atoms with Crippen LogP contribution < -0.4 is 25.1 Å². The van der Waals surface area contributed by atoms with Crippen molar-refractivity contribution in [2.45, 2.75) is 27.3 Å². The van der Waals surface area contributed by atoms with Crippen molar-refractivity contribution in [2.24, 2.45) is 0 Å². The number of rotatable bonds is 9. The number of aromatic amines is 2. The number of aromatic nitrogens is 2. The molecule has 0 spiro atoms. The lowest BCUT2D eigenvalue weighted by Crippen LogP contribution is -2.23. The van der Waals surface area contributed by atoms with E-state index in [1.165, 1.54) is 6.07 Å². The first-order valence-electron chi connectivity index (χ1n) is 8.20. The monoisotopic (exact) mass is 349 g/mol. The van der Waals surface area contributed by atoms with Crippen molar-refractivity contribution in [1.82, 2.24) is 15.5 Å². The first kappa shape index (κ1) is 18.4. The third kappa shape index (κ3) is 4.79. The normalized spacial score (nSPS) is 10.4. The van der Waals surface area contributed by atoms with E-state index in [1.807, 2.05) is 20.8 Å². The van der Waals surface area contributed by atoms with Crippen molar-refractivity contribution in [3.8, 4) is 17.2 Å². The van der Waals surface area contributed by atoms with Crippen LogP contribution in [-0.2, 0) is 6.54 Å². The Morgan fingerprint density at radius 3 is 2.04 bits per heavy atom. The largest absolute Gasteiger partial charge is 0.490 e. The van der Waals surface area contributed by atoms with Gasteiger partial charge in [-0.1, -0.05) is 0 Å². The minimum Gasteiger partial charge on any atom is -0.490 e. The zero-order valence-electron chi connectivity index (χ0n) is 14.6. The number of hydrogen-bond acceptors (Lipinski definition) is 5. The molecule has 0 aliphatic rings. The highest BCUT2D eigenvalue weighted by Gasteiger charge is 2.18. The van der Waals surface area contributed by atoms with Gasteiger partial charge in [0.25, 0.3) is 11.5 Å². The average molecular weight is 349 g/mol. The maximum Gasteiger partial charge on any atom is 0.264 e. The van der Waals surface area contributed by atoms with Crippen LogP contribution in [0, 0.1) is 0 Å². The number of carbonyl (C=O) groups is 1. The Bertz CT molecular complexity index is 739. The highest BCUT2D eigenvalue weighted by molar-refractivity contribution is 5.95. The fourth-order valence-electron chi connectivity index (χ4n) is 2.26. The van der Waals surface area contributed by atoms with E-state index in [0.717, 1.165) is 0 Å². The summed E-state index contributed by atoms with van der Waals surface area (Å²) in [6.07, 6.45) is 0. The van der Waals surface area contributed by atoms with Gasteiger partial charge in [-0.25, -0.2) is 0 Å². The first-order chi connectivity index (χ1) is 12.1. The Kier molecular flexibility index (Phi) is 6.50. The number of benzene rings is 1. The van der Waals surface area contributed by atoms with Crippen molar-refractivity contribution >= 4 is 5.91 Å². The maximum atomic E-state index is 12.4. The number of nitrogens with one attached hydrogen (secondary N) is 3. The molecule has 8 heteroatoms. The SMILES string of the molecule is CCOc1cc(C(=O)NCc2cc(=O)[nH][nH]2)cc(OCC)c1OCC. The van der Waals surface area contributed by atoms with E-state index in [2.05, 4.69) is 15.5 Å². The van der Waals surface area contributed by atoms with E-state index < -0.39 is 0 Å². The van der Waals surface area contributed by atoms with Crippen LogP contribution in [0.3, 0.4) is 0 Å². The summed E-state index contributed by atoms with van der Waals surface area (Å²) >= 11 is 0. The molecule has 1 amide bonds. The molecule has 0 unspecified atom stereocenters. The molecule has 1 heterocycles. The number of carbonyl (C=O) groups excluding carboxylic acids is 1. The van der Waals surface area contributed by atoms with Crippen LogP contribution in [0.2, 0.25) is 0 Å². The lowest BCUT2D eigenvalue weighted by atomic mass is 10.1. The summed E-state index contributed by atoms with van der Waals surface area (Å²) in [7, 11) is 0. The number of H-pyrrole nitrogens is 2. The van der Waals surface area contributed by atoms with Crippen LogP contribution in [0.4, 0.5) is 0 Å². The predicted octanol–water partition coefficient (Wildman–Crippen LogP) is 1.83. The zero-order valence-corrected chi connectivity index (χ0v) is 14.6. The van der Waals surface area contributed by atoms with Crippen LogP contribution in [0.1, 0.15) is 36.8 Å². The molecule has 0 bridgehead atoms. The van der Waals surface area contributed by atoms with Crippen molar-refractivity contribution in [3.05, 3.63) is 39.8 Å². The molecule has 0 saturated heterocycles. The minimum absolute atomic E-state index is 0.193. The van der Waals surface area contributed by atoms with Crippen LogP contribution in [-0.4, -0.2) is 35.9 Å². The van der Waals surface area contributed by atoms with E-state index in [1.54, 1.807) is 12.1 Å². The molecule has 0 aliphatic heterocycles. The second-order valence-electron chi connectivity index (χ2n) is 5.07. The summed E-state index contributed by atoms with van der Waals surface area (Å²) in [5.41, 5.74) is 0.718. The van der Waals surface area contributed by atoms with E-state index in [-0.39, 0.29) is 18.0 Å². The molecule has 2 rings (SSSR count). The Hall–Kier alpha value is -2.90. The van der Waals surface area contributed by atoms with Gasteiger partial charge in [0.1, 0.15) is 0 Å². The summed E-state index contributed by atoms with van der Waals surface area (Å²) in [4.78, 5) is 23.5. The minimum atomic E-state index is -0.313. The molecule has 0 aliphatic carbocycles. The van der Waals surface area contributed by atoms with Gasteiger partial charge in [-0.05, 0) is 32.9 Å².